The molecule has 234 valence electrons. The predicted octanol–water partition coefficient (Wildman–Crippen LogP) is 7.85. The van der Waals surface area contributed by atoms with E-state index in [-0.39, 0.29) is 11.6 Å². The molecule has 3 rings (SSSR count). The van der Waals surface area contributed by atoms with Gasteiger partial charge in [0.2, 0.25) is 5.95 Å². The fraction of sp³-hybridized carbons (Fsp3) is 0.200. The van der Waals surface area contributed by atoms with Crippen LogP contribution in [0.15, 0.2) is 53.1 Å². The van der Waals surface area contributed by atoms with E-state index >= 15 is 4.39 Å². The van der Waals surface area contributed by atoms with Gasteiger partial charge in [-0.3, -0.25) is 14.5 Å². The second-order valence-corrected chi connectivity index (χ2v) is 9.40. The van der Waals surface area contributed by atoms with Gasteiger partial charge in [0, 0.05) is 16.2 Å². The second-order valence-electron chi connectivity index (χ2n) is 8.54. The third-order valence-corrected chi connectivity index (χ3v) is 6.40. The first-order chi connectivity index (χ1) is 20.1. The predicted molar refractivity (Wildman–Crippen MR) is 130 cm³/mol. The molecule has 0 aliphatic rings. The molecule has 0 spiro atoms. The molecule has 44 heavy (non-hydrogen) atoms. The lowest BCUT2D eigenvalue weighted by atomic mass is 9.92. The van der Waals surface area contributed by atoms with Gasteiger partial charge in [-0.2, -0.15) is 49.2 Å². The van der Waals surface area contributed by atoms with Crippen LogP contribution in [-0.4, -0.2) is 35.7 Å². The van der Waals surface area contributed by atoms with Gasteiger partial charge >= 0.3 is 24.2 Å². The van der Waals surface area contributed by atoms with Crippen molar-refractivity contribution in [2.75, 3.05) is 16.8 Å². The molecule has 0 aliphatic heterocycles. The largest absolute Gasteiger partial charge is 0.435 e. The maximum atomic E-state index is 15.5. The summed E-state index contributed by atoms with van der Waals surface area (Å²) in [5.74, 6) is -5.49. The molecule has 2 amide bonds. The van der Waals surface area contributed by atoms with Crippen LogP contribution in [0.5, 0.6) is 0 Å². The van der Waals surface area contributed by atoms with E-state index in [0.29, 0.717) is 11.0 Å². The molecule has 0 bridgehead atoms. The Kier molecular flexibility index (Phi) is 9.30. The molecule has 3 aromatic rings. The molecule has 1 heterocycles. The van der Waals surface area contributed by atoms with Gasteiger partial charge in [0.05, 0.1) is 34.1 Å². The lowest BCUT2D eigenvalue weighted by Gasteiger charge is -2.31. The van der Waals surface area contributed by atoms with Crippen LogP contribution >= 0.6 is 15.9 Å². The molecule has 0 atom stereocenters. The van der Waals surface area contributed by atoms with Crippen molar-refractivity contribution >= 4 is 39.1 Å². The SMILES string of the molecule is N#CCN(C(=O)c1ccc(F)nc1)c1cccc(C(=O)Nc2c(Br)cc(C(F)(C(F)(F)F)C(F)(F)F)cc2C(F)(F)F)c1F. The summed E-state index contributed by atoms with van der Waals surface area (Å²) in [7, 11) is 0. The number of hydrogen-bond acceptors (Lipinski definition) is 4. The summed E-state index contributed by atoms with van der Waals surface area (Å²) in [5.41, 5.74) is -14.9. The Morgan fingerprint density at radius 2 is 1.55 bits per heavy atom. The molecule has 0 radical (unpaired) electrons. The topological polar surface area (TPSA) is 86.1 Å². The number of nitriles is 1. The van der Waals surface area contributed by atoms with Crippen molar-refractivity contribution in [1.82, 2.24) is 4.98 Å². The molecule has 0 saturated heterocycles. The minimum absolute atomic E-state index is 0.289. The fourth-order valence-corrected chi connectivity index (χ4v) is 4.28. The first-order valence-electron chi connectivity index (χ1n) is 11.3. The molecule has 1 N–H and O–H groups in total. The Balaban J connectivity index is 2.12. The fourth-order valence-electron chi connectivity index (χ4n) is 3.72. The average Bonchev–Trinajstić information content (AvgIpc) is 2.90. The van der Waals surface area contributed by atoms with Crippen molar-refractivity contribution in [1.29, 1.82) is 5.26 Å². The average molecular weight is 707 g/mol. The van der Waals surface area contributed by atoms with Crippen molar-refractivity contribution in [3.63, 3.8) is 0 Å². The van der Waals surface area contributed by atoms with Gasteiger partial charge in [-0.25, -0.2) is 13.8 Å². The van der Waals surface area contributed by atoms with Crippen LogP contribution in [0.2, 0.25) is 0 Å². The number of nitrogens with zero attached hydrogens (tertiary/aromatic N) is 3. The molecule has 1 aromatic heterocycles. The molecule has 0 unspecified atom stereocenters. The molecular formula is C25H11BrF12N4O2. The quantitative estimate of drug-likeness (QED) is 0.161. The monoisotopic (exact) mass is 706 g/mol. The zero-order chi connectivity index (χ0) is 33.4. The molecule has 0 fully saturated rings. The first kappa shape index (κ1) is 34.2. The highest BCUT2D eigenvalue weighted by atomic mass is 79.9. The number of halogens is 13. The molecule has 0 saturated carbocycles. The van der Waals surface area contributed by atoms with Crippen molar-refractivity contribution in [3.8, 4) is 6.07 Å². The highest BCUT2D eigenvalue weighted by molar-refractivity contribution is 9.10. The van der Waals surface area contributed by atoms with Gasteiger partial charge in [-0.1, -0.05) is 6.07 Å². The zero-order valence-corrected chi connectivity index (χ0v) is 22.5. The van der Waals surface area contributed by atoms with Crippen molar-refractivity contribution in [3.05, 3.63) is 87.2 Å². The van der Waals surface area contributed by atoms with E-state index < -0.39 is 92.9 Å². The maximum Gasteiger partial charge on any atom is 0.435 e. The Morgan fingerprint density at radius 3 is 2.05 bits per heavy atom. The third-order valence-electron chi connectivity index (χ3n) is 5.78. The number of anilines is 2. The van der Waals surface area contributed by atoms with E-state index in [1.54, 1.807) is 0 Å². The van der Waals surface area contributed by atoms with Gasteiger partial charge in [-0.15, -0.1) is 0 Å². The summed E-state index contributed by atoms with van der Waals surface area (Å²) in [5, 5.41) is 10.6. The molecular weight excluding hydrogens is 696 g/mol. The molecule has 0 aliphatic carbocycles. The van der Waals surface area contributed by atoms with Crippen molar-refractivity contribution in [2.24, 2.45) is 0 Å². The van der Waals surface area contributed by atoms with Crippen LogP contribution in [-0.2, 0) is 11.8 Å². The number of amides is 2. The smallest absolute Gasteiger partial charge is 0.320 e. The van der Waals surface area contributed by atoms with Crippen molar-refractivity contribution < 1.29 is 62.3 Å². The molecule has 6 nitrogen and oxygen atoms in total. The molecule has 2 aromatic carbocycles. The number of carbonyl (C=O) groups excluding carboxylic acids is 2. The van der Waals surface area contributed by atoms with Crippen LogP contribution < -0.4 is 10.2 Å². The van der Waals surface area contributed by atoms with Gasteiger partial charge in [0.1, 0.15) is 6.54 Å². The van der Waals surface area contributed by atoms with E-state index in [2.05, 4.69) is 20.9 Å². The number of pyridine rings is 1. The lowest BCUT2D eigenvalue weighted by Crippen LogP contribution is -2.50. The minimum Gasteiger partial charge on any atom is -0.320 e. The summed E-state index contributed by atoms with van der Waals surface area (Å²) in [6.07, 6.45) is -18.6. The van der Waals surface area contributed by atoms with Crippen molar-refractivity contribution in [2.45, 2.75) is 24.2 Å². The van der Waals surface area contributed by atoms with Gasteiger partial charge in [-0.05, 0) is 52.3 Å². The maximum absolute atomic E-state index is 15.5. The summed E-state index contributed by atoms with van der Waals surface area (Å²) in [4.78, 5) is 29.4. The lowest BCUT2D eigenvalue weighted by molar-refractivity contribution is -0.348. The normalized spacial score (nSPS) is 12.5. The summed E-state index contributed by atoms with van der Waals surface area (Å²) < 4.78 is 162. The number of carbonyl (C=O) groups is 2. The number of nitrogens with one attached hydrogen (secondary N) is 1. The van der Waals surface area contributed by atoms with Gasteiger partial charge in [0.25, 0.3) is 11.8 Å². The van der Waals surface area contributed by atoms with Crippen LogP contribution in [0.25, 0.3) is 0 Å². The van der Waals surface area contributed by atoms with Gasteiger partial charge in [0.15, 0.2) is 5.82 Å². The Labute approximate surface area is 246 Å². The van der Waals surface area contributed by atoms with E-state index in [9.17, 15) is 57.9 Å². The summed E-state index contributed by atoms with van der Waals surface area (Å²) in [6, 6.07) is 4.59. The van der Waals surface area contributed by atoms with E-state index in [0.717, 1.165) is 30.5 Å². The van der Waals surface area contributed by atoms with Crippen LogP contribution in [0, 0.1) is 23.1 Å². The van der Waals surface area contributed by atoms with Crippen LogP contribution in [0.3, 0.4) is 0 Å². The number of rotatable bonds is 6. The molecule has 19 heteroatoms. The Bertz CT molecular complexity index is 1620. The van der Waals surface area contributed by atoms with Crippen LogP contribution in [0.4, 0.5) is 64.1 Å². The Hall–Kier alpha value is -4.34. The minimum atomic E-state index is -6.77. The van der Waals surface area contributed by atoms with E-state index in [1.165, 1.54) is 11.4 Å². The van der Waals surface area contributed by atoms with Gasteiger partial charge < -0.3 is 5.32 Å². The first-order valence-corrected chi connectivity index (χ1v) is 12.1. The number of benzene rings is 2. The van der Waals surface area contributed by atoms with E-state index in [4.69, 9.17) is 5.26 Å². The highest BCUT2D eigenvalue weighted by Gasteiger charge is 2.73. The number of alkyl halides is 10. The van der Waals surface area contributed by atoms with Crippen LogP contribution in [0.1, 0.15) is 31.8 Å². The second kappa shape index (κ2) is 12.0. The number of aromatic nitrogens is 1. The third kappa shape index (κ3) is 6.44. The summed E-state index contributed by atoms with van der Waals surface area (Å²) in [6.45, 7) is -0.868. The van der Waals surface area contributed by atoms with E-state index in [1.807, 2.05) is 0 Å². The number of hydrogen-bond donors (Lipinski definition) is 1. The standard InChI is InChI=1S/C25H11BrF12N4O2/c26-15-9-12(22(29,24(33,34)35)25(36,37)38)8-14(23(30,31)32)19(15)41-20(43)13-2-1-3-16(18(13)28)42(7-6-39)21(44)11-4-5-17(27)40-10-11/h1-5,8-10H,7H2,(H,41,43). The Morgan fingerprint density at radius 1 is 0.932 bits per heavy atom. The zero-order valence-electron chi connectivity index (χ0n) is 20.9. The summed E-state index contributed by atoms with van der Waals surface area (Å²) >= 11 is 2.31. The highest BCUT2D eigenvalue weighted by Crippen LogP contribution is 2.55.